The summed E-state index contributed by atoms with van der Waals surface area (Å²) in [4.78, 5) is 38.8. The summed E-state index contributed by atoms with van der Waals surface area (Å²) in [6.45, 7) is 5.17. The second-order valence-corrected chi connectivity index (χ2v) is 4.92. The van der Waals surface area contributed by atoms with Gasteiger partial charge in [-0.3, -0.25) is 4.79 Å². The van der Waals surface area contributed by atoms with Crippen molar-refractivity contribution in [1.29, 1.82) is 0 Å². The lowest BCUT2D eigenvalue weighted by Gasteiger charge is -2.08. The van der Waals surface area contributed by atoms with E-state index in [9.17, 15) is 19.5 Å². The second kappa shape index (κ2) is 7.75. The molecular formula is C16H16N6O4. The van der Waals surface area contributed by atoms with Crippen molar-refractivity contribution in [3.05, 3.63) is 54.5 Å². The summed E-state index contributed by atoms with van der Waals surface area (Å²) >= 11 is 0. The Hall–Kier alpha value is -3.95. The van der Waals surface area contributed by atoms with Gasteiger partial charge < -0.3 is 21.5 Å². The van der Waals surface area contributed by atoms with E-state index in [1.165, 1.54) is 36.7 Å². The average Bonchev–Trinajstić information content (AvgIpc) is 2.99. The standard InChI is InChI=1S/C16H16N6O4/c1-3-9(4-2)14(23)21-11-8-19-22(13(11)15(24)25)12-7-10(5-6-18-12)20-16(17)26/h3-8H,1H2,2H3,(H,21,23)(H,24,25)(H3,17,18,20,26)/b9-4+. The number of anilines is 2. The fourth-order valence-electron chi connectivity index (χ4n) is 2.11. The molecule has 0 atom stereocenters. The molecule has 2 heterocycles. The average molecular weight is 356 g/mol. The van der Waals surface area contributed by atoms with Crippen LogP contribution >= 0.6 is 0 Å². The number of nitrogens with one attached hydrogen (secondary N) is 2. The largest absolute Gasteiger partial charge is 0.476 e. The van der Waals surface area contributed by atoms with Crippen molar-refractivity contribution in [3.8, 4) is 5.82 Å². The molecule has 10 heteroatoms. The number of nitrogens with two attached hydrogens (primary N) is 1. The molecule has 0 aliphatic rings. The smallest absolute Gasteiger partial charge is 0.356 e. The molecule has 2 aromatic rings. The quantitative estimate of drug-likeness (QED) is 0.455. The molecule has 2 aromatic heterocycles. The Morgan fingerprint density at radius 2 is 2.08 bits per heavy atom. The van der Waals surface area contributed by atoms with E-state index >= 15 is 0 Å². The third kappa shape index (κ3) is 3.93. The van der Waals surface area contributed by atoms with Gasteiger partial charge in [-0.15, -0.1) is 0 Å². The first kappa shape index (κ1) is 18.4. The van der Waals surface area contributed by atoms with Crippen LogP contribution in [-0.2, 0) is 4.79 Å². The van der Waals surface area contributed by atoms with Crippen LogP contribution in [0.4, 0.5) is 16.2 Å². The Morgan fingerprint density at radius 3 is 2.65 bits per heavy atom. The molecule has 5 N–H and O–H groups in total. The van der Waals surface area contributed by atoms with Gasteiger partial charge in [0.2, 0.25) is 0 Å². The molecule has 26 heavy (non-hydrogen) atoms. The van der Waals surface area contributed by atoms with Crippen LogP contribution in [0.2, 0.25) is 0 Å². The minimum atomic E-state index is -1.33. The number of allylic oxidation sites excluding steroid dienone is 1. The second-order valence-electron chi connectivity index (χ2n) is 4.92. The molecule has 0 saturated heterocycles. The van der Waals surface area contributed by atoms with Crippen molar-refractivity contribution < 1.29 is 19.5 Å². The van der Waals surface area contributed by atoms with Crippen LogP contribution in [0.5, 0.6) is 0 Å². The summed E-state index contributed by atoms with van der Waals surface area (Å²) in [6, 6.07) is 2.08. The van der Waals surface area contributed by atoms with E-state index < -0.39 is 17.9 Å². The molecule has 0 aliphatic heterocycles. The zero-order valence-electron chi connectivity index (χ0n) is 13.8. The number of pyridine rings is 1. The van der Waals surface area contributed by atoms with Crippen molar-refractivity contribution in [2.45, 2.75) is 6.92 Å². The normalized spacial score (nSPS) is 10.9. The molecule has 3 amide bonds. The zero-order valence-corrected chi connectivity index (χ0v) is 13.8. The molecule has 134 valence electrons. The number of nitrogens with zero attached hydrogens (tertiary/aromatic N) is 3. The number of carboxylic acid groups (broad SMARTS) is 1. The van der Waals surface area contributed by atoms with E-state index in [1.807, 2.05) is 0 Å². The maximum atomic E-state index is 12.1. The van der Waals surface area contributed by atoms with Gasteiger partial charge in [-0.1, -0.05) is 18.7 Å². The van der Waals surface area contributed by atoms with Crippen LogP contribution in [0.15, 0.2) is 48.8 Å². The highest BCUT2D eigenvalue weighted by molar-refractivity contribution is 6.08. The molecule has 0 bridgehead atoms. The molecule has 0 fully saturated rings. The van der Waals surface area contributed by atoms with Gasteiger partial charge in [-0.25, -0.2) is 19.3 Å². The van der Waals surface area contributed by atoms with E-state index in [0.29, 0.717) is 5.69 Å². The van der Waals surface area contributed by atoms with Gasteiger partial charge in [0.25, 0.3) is 5.91 Å². The minimum Gasteiger partial charge on any atom is -0.476 e. The van der Waals surface area contributed by atoms with Crippen LogP contribution in [0.3, 0.4) is 0 Å². The summed E-state index contributed by atoms with van der Waals surface area (Å²) < 4.78 is 1.02. The van der Waals surface area contributed by atoms with Crippen molar-refractivity contribution in [1.82, 2.24) is 14.8 Å². The Labute approximate surface area is 148 Å². The van der Waals surface area contributed by atoms with E-state index in [4.69, 9.17) is 5.73 Å². The fourth-order valence-corrected chi connectivity index (χ4v) is 2.11. The summed E-state index contributed by atoms with van der Waals surface area (Å²) in [5, 5.41) is 18.3. The molecule has 10 nitrogen and oxygen atoms in total. The Balaban J connectivity index is 2.44. The van der Waals surface area contributed by atoms with Gasteiger partial charge in [0.15, 0.2) is 11.5 Å². The van der Waals surface area contributed by atoms with Gasteiger partial charge in [0.05, 0.1) is 11.9 Å². The molecule has 0 aromatic carbocycles. The van der Waals surface area contributed by atoms with Crippen LogP contribution in [0.1, 0.15) is 17.4 Å². The SMILES string of the molecule is C=C/C(=C\C)C(=O)Nc1cnn(-c2cc(NC(N)=O)ccn2)c1C(=O)O. The minimum absolute atomic E-state index is 0.0150. The summed E-state index contributed by atoms with van der Waals surface area (Å²) in [7, 11) is 0. The van der Waals surface area contributed by atoms with Crippen molar-refractivity contribution in [3.63, 3.8) is 0 Å². The predicted molar refractivity (Wildman–Crippen MR) is 94.1 cm³/mol. The number of primary amides is 1. The molecule has 0 unspecified atom stereocenters. The number of urea groups is 1. The third-order valence-corrected chi connectivity index (χ3v) is 3.24. The first-order valence-corrected chi connectivity index (χ1v) is 7.31. The number of rotatable bonds is 6. The molecule has 0 spiro atoms. The van der Waals surface area contributed by atoms with Gasteiger partial charge in [0.1, 0.15) is 0 Å². The number of carbonyl (C=O) groups excluding carboxylic acids is 2. The Bertz CT molecular complexity index is 915. The first-order valence-electron chi connectivity index (χ1n) is 7.31. The molecule has 2 rings (SSSR count). The topological polar surface area (TPSA) is 152 Å². The van der Waals surface area contributed by atoms with E-state index in [-0.39, 0.29) is 22.8 Å². The molecule has 0 aliphatic carbocycles. The lowest BCUT2D eigenvalue weighted by Crippen LogP contribution is -2.20. The summed E-state index contributed by atoms with van der Waals surface area (Å²) in [5.41, 5.74) is 5.32. The first-order chi connectivity index (χ1) is 12.4. The predicted octanol–water partition coefficient (Wildman–Crippen LogP) is 1.53. The lowest BCUT2D eigenvalue weighted by molar-refractivity contribution is -0.112. The maximum Gasteiger partial charge on any atom is 0.356 e. The number of amides is 3. The van der Waals surface area contributed by atoms with E-state index in [1.54, 1.807) is 6.92 Å². The Morgan fingerprint density at radius 1 is 1.35 bits per heavy atom. The van der Waals surface area contributed by atoms with Crippen molar-refractivity contribution >= 4 is 29.3 Å². The maximum absolute atomic E-state index is 12.1. The highest BCUT2D eigenvalue weighted by atomic mass is 16.4. The Kier molecular flexibility index (Phi) is 5.48. The number of aromatic nitrogens is 3. The van der Waals surface area contributed by atoms with E-state index in [0.717, 1.165) is 4.68 Å². The molecular weight excluding hydrogens is 340 g/mol. The van der Waals surface area contributed by atoms with Gasteiger partial charge in [-0.05, 0) is 13.0 Å². The van der Waals surface area contributed by atoms with Crippen molar-refractivity contribution in [2.75, 3.05) is 10.6 Å². The van der Waals surface area contributed by atoms with Crippen LogP contribution in [-0.4, -0.2) is 37.8 Å². The third-order valence-electron chi connectivity index (χ3n) is 3.24. The van der Waals surface area contributed by atoms with Crippen molar-refractivity contribution in [2.24, 2.45) is 5.73 Å². The highest BCUT2D eigenvalue weighted by Gasteiger charge is 2.22. The lowest BCUT2D eigenvalue weighted by atomic mass is 10.2. The number of carbonyl (C=O) groups is 3. The van der Waals surface area contributed by atoms with Gasteiger partial charge in [0, 0.05) is 23.5 Å². The summed E-state index contributed by atoms with van der Waals surface area (Å²) in [6.07, 6.45) is 5.42. The number of carboxylic acids is 1. The fraction of sp³-hybridized carbons (Fsp3) is 0.0625. The monoisotopic (exact) mass is 356 g/mol. The molecule has 0 radical (unpaired) electrons. The van der Waals surface area contributed by atoms with Crippen LogP contribution in [0, 0.1) is 0 Å². The van der Waals surface area contributed by atoms with Gasteiger partial charge >= 0.3 is 12.0 Å². The highest BCUT2D eigenvalue weighted by Crippen LogP contribution is 2.21. The zero-order chi connectivity index (χ0) is 19.3. The number of hydrogen-bond donors (Lipinski definition) is 4. The van der Waals surface area contributed by atoms with Crippen LogP contribution in [0.25, 0.3) is 5.82 Å². The number of hydrogen-bond acceptors (Lipinski definition) is 5. The summed E-state index contributed by atoms with van der Waals surface area (Å²) in [5.74, 6) is -1.74. The van der Waals surface area contributed by atoms with Gasteiger partial charge in [-0.2, -0.15) is 5.10 Å². The number of aromatic carboxylic acids is 1. The molecule has 0 saturated carbocycles. The van der Waals surface area contributed by atoms with E-state index in [2.05, 4.69) is 27.3 Å². The van der Waals surface area contributed by atoms with Crippen LogP contribution < -0.4 is 16.4 Å².